The molecule has 2 fully saturated rings. The lowest BCUT2D eigenvalue weighted by Gasteiger charge is -2.45. The number of imidazole rings is 1. The van der Waals surface area contributed by atoms with Gasteiger partial charge in [-0.25, -0.2) is 4.98 Å². The molecule has 4 nitrogen and oxygen atoms in total. The van der Waals surface area contributed by atoms with Gasteiger partial charge in [-0.15, -0.1) is 0 Å². The molecular weight excluding hydrogens is 260 g/mol. The van der Waals surface area contributed by atoms with Gasteiger partial charge in [0.05, 0.1) is 17.7 Å². The van der Waals surface area contributed by atoms with E-state index >= 15 is 0 Å². The van der Waals surface area contributed by atoms with E-state index in [2.05, 4.69) is 20.2 Å². The van der Waals surface area contributed by atoms with Crippen LogP contribution < -0.4 is 5.32 Å². The Bertz CT molecular complexity index is 465. The van der Waals surface area contributed by atoms with Crippen molar-refractivity contribution in [1.82, 2.24) is 20.2 Å². The van der Waals surface area contributed by atoms with Crippen LogP contribution in [-0.2, 0) is 13.0 Å². The molecule has 2 N–H and O–H groups in total. The number of fused-ring (bicyclic) bond motifs is 1. The third kappa shape index (κ3) is 2.88. The summed E-state index contributed by atoms with van der Waals surface area (Å²) in [5, 5.41) is 3.67. The average molecular weight is 288 g/mol. The number of hydrogen-bond donors (Lipinski definition) is 2. The fourth-order valence-corrected chi connectivity index (χ4v) is 4.68. The minimum atomic E-state index is 0.584. The standard InChI is InChI=1S/C17H28N4/c1-2-4-17(5-3-1)6-8-21(9-7-17)12-14-10-15-16(11-18-14)20-13-19-15/h13-14,18H,1-12H2,(H,19,20). The van der Waals surface area contributed by atoms with Gasteiger partial charge in [0.1, 0.15) is 0 Å². The Balaban J connectivity index is 1.29. The molecule has 116 valence electrons. The smallest absolute Gasteiger partial charge is 0.0925 e. The number of nitrogens with zero attached hydrogens (tertiary/aromatic N) is 2. The minimum Gasteiger partial charge on any atom is -0.347 e. The van der Waals surface area contributed by atoms with E-state index in [-0.39, 0.29) is 0 Å². The summed E-state index contributed by atoms with van der Waals surface area (Å²) in [7, 11) is 0. The lowest BCUT2D eigenvalue weighted by atomic mass is 9.68. The van der Waals surface area contributed by atoms with E-state index in [1.165, 1.54) is 76.0 Å². The van der Waals surface area contributed by atoms with Gasteiger partial charge in [-0.1, -0.05) is 19.3 Å². The number of nitrogens with one attached hydrogen (secondary N) is 2. The van der Waals surface area contributed by atoms with E-state index in [1.54, 1.807) is 0 Å². The normalized spacial score (nSPS) is 29.4. The Morgan fingerprint density at radius 2 is 1.95 bits per heavy atom. The van der Waals surface area contributed by atoms with Crippen LogP contribution in [0.3, 0.4) is 0 Å². The molecule has 1 saturated heterocycles. The summed E-state index contributed by atoms with van der Waals surface area (Å²) < 4.78 is 0. The van der Waals surface area contributed by atoms with Gasteiger partial charge in [0.25, 0.3) is 0 Å². The summed E-state index contributed by atoms with van der Waals surface area (Å²) in [5.74, 6) is 0. The van der Waals surface area contributed by atoms with Crippen molar-refractivity contribution in [1.29, 1.82) is 0 Å². The molecule has 4 heteroatoms. The Morgan fingerprint density at radius 1 is 1.14 bits per heavy atom. The van der Waals surface area contributed by atoms with Crippen LogP contribution in [0.1, 0.15) is 56.3 Å². The molecule has 0 radical (unpaired) electrons. The summed E-state index contributed by atoms with van der Waals surface area (Å²) in [6.07, 6.45) is 13.2. The van der Waals surface area contributed by atoms with Crippen molar-refractivity contribution >= 4 is 0 Å². The van der Waals surface area contributed by atoms with Gasteiger partial charge in [0, 0.05) is 25.6 Å². The highest BCUT2D eigenvalue weighted by atomic mass is 15.2. The highest BCUT2D eigenvalue weighted by Gasteiger charge is 2.36. The first-order valence-corrected chi connectivity index (χ1v) is 8.80. The maximum Gasteiger partial charge on any atom is 0.0925 e. The zero-order valence-electron chi connectivity index (χ0n) is 13.0. The molecule has 1 aromatic rings. The van der Waals surface area contributed by atoms with Crippen LogP contribution in [0.2, 0.25) is 0 Å². The van der Waals surface area contributed by atoms with E-state index < -0.39 is 0 Å². The van der Waals surface area contributed by atoms with Gasteiger partial charge in [-0.05, 0) is 44.2 Å². The molecule has 1 aromatic heterocycles. The van der Waals surface area contributed by atoms with Gasteiger partial charge in [0.15, 0.2) is 0 Å². The topological polar surface area (TPSA) is 44.0 Å². The second-order valence-electron chi connectivity index (χ2n) is 7.47. The lowest BCUT2D eigenvalue weighted by molar-refractivity contribution is 0.0622. The molecule has 1 aliphatic carbocycles. The molecule has 3 heterocycles. The summed E-state index contributed by atoms with van der Waals surface area (Å²) in [6.45, 7) is 4.78. The molecule has 1 spiro atoms. The molecule has 3 aliphatic rings. The highest BCUT2D eigenvalue weighted by Crippen LogP contribution is 2.44. The maximum atomic E-state index is 4.45. The molecule has 0 bridgehead atoms. The van der Waals surface area contributed by atoms with E-state index in [9.17, 15) is 0 Å². The van der Waals surface area contributed by atoms with Crippen LogP contribution in [0.25, 0.3) is 0 Å². The van der Waals surface area contributed by atoms with E-state index in [1.807, 2.05) is 6.33 Å². The predicted octanol–water partition coefficient (Wildman–Crippen LogP) is 2.47. The van der Waals surface area contributed by atoms with Gasteiger partial charge in [-0.3, -0.25) is 0 Å². The van der Waals surface area contributed by atoms with E-state index in [0.29, 0.717) is 6.04 Å². The monoisotopic (exact) mass is 288 g/mol. The Labute approximate surface area is 127 Å². The summed E-state index contributed by atoms with van der Waals surface area (Å²) >= 11 is 0. The van der Waals surface area contributed by atoms with Gasteiger partial charge in [0.2, 0.25) is 0 Å². The van der Waals surface area contributed by atoms with Crippen LogP contribution in [-0.4, -0.2) is 40.5 Å². The molecule has 2 aliphatic heterocycles. The number of likely N-dealkylation sites (tertiary alicyclic amines) is 1. The molecule has 4 rings (SSSR count). The van der Waals surface area contributed by atoms with Crippen molar-refractivity contribution in [3.63, 3.8) is 0 Å². The summed E-state index contributed by atoms with van der Waals surface area (Å²) in [4.78, 5) is 10.4. The predicted molar refractivity (Wildman–Crippen MR) is 84.1 cm³/mol. The van der Waals surface area contributed by atoms with E-state index in [4.69, 9.17) is 0 Å². The third-order valence-electron chi connectivity index (χ3n) is 6.12. The molecule has 0 amide bonds. The van der Waals surface area contributed by atoms with Crippen LogP contribution >= 0.6 is 0 Å². The third-order valence-corrected chi connectivity index (χ3v) is 6.12. The van der Waals surface area contributed by atoms with Crippen LogP contribution in [0, 0.1) is 5.41 Å². The summed E-state index contributed by atoms with van der Waals surface area (Å²) in [6, 6.07) is 0.584. The van der Waals surface area contributed by atoms with Crippen molar-refractivity contribution in [3.05, 3.63) is 17.7 Å². The number of aromatic nitrogens is 2. The molecule has 0 aromatic carbocycles. The van der Waals surface area contributed by atoms with Gasteiger partial charge in [-0.2, -0.15) is 0 Å². The van der Waals surface area contributed by atoms with Crippen molar-refractivity contribution in [2.24, 2.45) is 5.41 Å². The minimum absolute atomic E-state index is 0.584. The molecule has 1 saturated carbocycles. The second-order valence-corrected chi connectivity index (χ2v) is 7.47. The number of hydrogen-bond acceptors (Lipinski definition) is 3. The molecule has 21 heavy (non-hydrogen) atoms. The van der Waals surface area contributed by atoms with Gasteiger partial charge < -0.3 is 15.2 Å². The fourth-order valence-electron chi connectivity index (χ4n) is 4.68. The first kappa shape index (κ1) is 13.8. The van der Waals surface area contributed by atoms with Crippen molar-refractivity contribution in [3.8, 4) is 0 Å². The highest BCUT2D eigenvalue weighted by molar-refractivity contribution is 5.16. The fraction of sp³-hybridized carbons (Fsp3) is 0.824. The van der Waals surface area contributed by atoms with Crippen LogP contribution in [0.15, 0.2) is 6.33 Å². The molecule has 1 unspecified atom stereocenters. The number of H-pyrrole nitrogens is 1. The molecular formula is C17H28N4. The largest absolute Gasteiger partial charge is 0.347 e. The van der Waals surface area contributed by atoms with Crippen molar-refractivity contribution in [2.75, 3.05) is 19.6 Å². The van der Waals surface area contributed by atoms with Crippen LogP contribution in [0.4, 0.5) is 0 Å². The maximum absolute atomic E-state index is 4.45. The second kappa shape index (κ2) is 5.73. The van der Waals surface area contributed by atoms with E-state index in [0.717, 1.165) is 18.4 Å². The SMILES string of the molecule is c1nc2c([nH]1)CNC(CN1CCC3(CCCCC3)CC1)C2. The Kier molecular flexibility index (Phi) is 3.76. The quantitative estimate of drug-likeness (QED) is 0.878. The zero-order valence-corrected chi connectivity index (χ0v) is 13.0. The number of piperidine rings is 1. The zero-order chi connectivity index (χ0) is 14.1. The Hall–Kier alpha value is -0.870. The molecule has 1 atom stereocenters. The van der Waals surface area contributed by atoms with Gasteiger partial charge >= 0.3 is 0 Å². The average Bonchev–Trinajstić information content (AvgIpc) is 2.98. The van der Waals surface area contributed by atoms with Crippen LogP contribution in [0.5, 0.6) is 0 Å². The number of aromatic amines is 1. The Morgan fingerprint density at radius 3 is 2.76 bits per heavy atom. The summed E-state index contributed by atoms with van der Waals surface area (Å²) in [5.41, 5.74) is 3.29. The van der Waals surface area contributed by atoms with Crippen molar-refractivity contribution < 1.29 is 0 Å². The van der Waals surface area contributed by atoms with Crippen molar-refractivity contribution in [2.45, 2.75) is 64.0 Å². The first-order valence-electron chi connectivity index (χ1n) is 8.80. The number of rotatable bonds is 2. The first-order chi connectivity index (χ1) is 10.3. The lowest BCUT2D eigenvalue weighted by Crippen LogP contribution is -2.49.